The second kappa shape index (κ2) is 6.58. The average Bonchev–Trinajstić information content (AvgIpc) is 2.20. The molecule has 1 aliphatic rings. The van der Waals surface area contributed by atoms with E-state index >= 15 is 0 Å². The summed E-state index contributed by atoms with van der Waals surface area (Å²) in [5.74, 6) is -0.751. The van der Waals surface area contributed by atoms with Crippen molar-refractivity contribution >= 4 is 5.97 Å². The van der Waals surface area contributed by atoms with Crippen molar-refractivity contribution in [2.45, 2.75) is 25.3 Å². The molecule has 1 heterocycles. The van der Waals surface area contributed by atoms with E-state index in [1.54, 1.807) is 0 Å². The molecule has 86 valence electrons. The number of hydrogen-bond donors (Lipinski definition) is 1. The smallest absolute Gasteiger partial charge is 0.305 e. The molecule has 1 fully saturated rings. The van der Waals surface area contributed by atoms with Gasteiger partial charge in [-0.3, -0.25) is 9.69 Å². The highest BCUT2D eigenvalue weighted by atomic mass is 16.5. The zero-order valence-electron chi connectivity index (χ0n) is 9.02. The predicted molar refractivity (Wildman–Crippen MR) is 57.9 cm³/mol. The normalized spacial score (nSPS) is 22.5. The molecule has 4 heteroatoms. The Morgan fingerprint density at radius 1 is 1.67 bits per heavy atom. The van der Waals surface area contributed by atoms with Crippen LogP contribution in [0, 0.1) is 0 Å². The van der Waals surface area contributed by atoms with Gasteiger partial charge in [-0.25, -0.2) is 0 Å². The van der Waals surface area contributed by atoms with Crippen molar-refractivity contribution in [3.8, 4) is 0 Å². The SMILES string of the molecule is C=CCCCN1CCOCC1CC(=O)O. The average molecular weight is 213 g/mol. The molecule has 0 saturated carbocycles. The number of aliphatic carboxylic acids is 1. The number of carboxylic acid groups (broad SMARTS) is 1. The van der Waals surface area contributed by atoms with E-state index in [2.05, 4.69) is 11.5 Å². The molecular weight excluding hydrogens is 194 g/mol. The van der Waals surface area contributed by atoms with Gasteiger partial charge in [-0.1, -0.05) is 6.08 Å². The van der Waals surface area contributed by atoms with E-state index < -0.39 is 5.97 Å². The number of hydrogen-bond acceptors (Lipinski definition) is 3. The lowest BCUT2D eigenvalue weighted by atomic mass is 10.1. The lowest BCUT2D eigenvalue weighted by Gasteiger charge is -2.34. The summed E-state index contributed by atoms with van der Waals surface area (Å²) in [4.78, 5) is 12.9. The minimum Gasteiger partial charge on any atom is -0.481 e. The standard InChI is InChI=1S/C11H19NO3/c1-2-3-4-5-12-6-7-15-9-10(12)8-11(13)14/h2,10H,1,3-9H2,(H,13,14). The first-order valence-corrected chi connectivity index (χ1v) is 5.38. The van der Waals surface area contributed by atoms with Crippen molar-refractivity contribution in [3.05, 3.63) is 12.7 Å². The summed E-state index contributed by atoms with van der Waals surface area (Å²) in [5.41, 5.74) is 0. The largest absolute Gasteiger partial charge is 0.481 e. The summed E-state index contributed by atoms with van der Waals surface area (Å²) in [6, 6.07) is 0.0427. The molecule has 0 aliphatic carbocycles. The number of unbranched alkanes of at least 4 members (excludes halogenated alkanes) is 1. The monoisotopic (exact) mass is 213 g/mol. The van der Waals surface area contributed by atoms with Crippen LogP contribution < -0.4 is 0 Å². The Hall–Kier alpha value is -0.870. The minimum atomic E-state index is -0.751. The Labute approximate surface area is 90.5 Å². The van der Waals surface area contributed by atoms with Crippen molar-refractivity contribution in [2.24, 2.45) is 0 Å². The maximum absolute atomic E-state index is 10.6. The van der Waals surface area contributed by atoms with Crippen LogP contribution in [0.2, 0.25) is 0 Å². The molecule has 1 unspecified atom stereocenters. The lowest BCUT2D eigenvalue weighted by Crippen LogP contribution is -2.46. The molecule has 0 bridgehead atoms. The lowest BCUT2D eigenvalue weighted by molar-refractivity contribution is -0.140. The van der Waals surface area contributed by atoms with E-state index in [0.29, 0.717) is 13.2 Å². The number of carboxylic acids is 1. The van der Waals surface area contributed by atoms with Gasteiger partial charge in [0, 0.05) is 12.6 Å². The molecule has 4 nitrogen and oxygen atoms in total. The maximum Gasteiger partial charge on any atom is 0.305 e. The number of nitrogens with zero attached hydrogens (tertiary/aromatic N) is 1. The van der Waals surface area contributed by atoms with E-state index in [0.717, 1.165) is 25.9 Å². The highest BCUT2D eigenvalue weighted by molar-refractivity contribution is 5.67. The first-order chi connectivity index (χ1) is 7.24. The third-order valence-electron chi connectivity index (χ3n) is 2.61. The van der Waals surface area contributed by atoms with Crippen LogP contribution in [-0.2, 0) is 9.53 Å². The van der Waals surface area contributed by atoms with Crippen molar-refractivity contribution in [3.63, 3.8) is 0 Å². The first kappa shape index (κ1) is 12.2. The highest BCUT2D eigenvalue weighted by Gasteiger charge is 2.24. The van der Waals surface area contributed by atoms with Gasteiger partial charge in [0.05, 0.1) is 19.6 Å². The zero-order valence-corrected chi connectivity index (χ0v) is 9.02. The molecule has 0 aromatic rings. The maximum atomic E-state index is 10.6. The molecule has 15 heavy (non-hydrogen) atoms. The summed E-state index contributed by atoms with van der Waals surface area (Å²) in [5, 5.41) is 8.76. The van der Waals surface area contributed by atoms with Crippen molar-refractivity contribution in [1.82, 2.24) is 4.90 Å². The van der Waals surface area contributed by atoms with Crippen LogP contribution in [0.25, 0.3) is 0 Å². The van der Waals surface area contributed by atoms with Crippen molar-refractivity contribution < 1.29 is 14.6 Å². The summed E-state index contributed by atoms with van der Waals surface area (Å²) in [6.45, 7) is 6.71. The van der Waals surface area contributed by atoms with Crippen molar-refractivity contribution in [2.75, 3.05) is 26.3 Å². The summed E-state index contributed by atoms with van der Waals surface area (Å²) in [7, 11) is 0. The van der Waals surface area contributed by atoms with Gasteiger partial charge in [-0.15, -0.1) is 6.58 Å². The molecule has 1 rings (SSSR count). The van der Waals surface area contributed by atoms with Gasteiger partial charge in [0.25, 0.3) is 0 Å². The Balaban J connectivity index is 2.35. The van der Waals surface area contributed by atoms with Crippen LogP contribution in [0.5, 0.6) is 0 Å². The summed E-state index contributed by atoms with van der Waals surface area (Å²) in [6.07, 6.45) is 4.09. The van der Waals surface area contributed by atoms with E-state index in [4.69, 9.17) is 9.84 Å². The van der Waals surface area contributed by atoms with E-state index in [1.807, 2.05) is 6.08 Å². The quantitative estimate of drug-likeness (QED) is 0.531. The third-order valence-corrected chi connectivity index (χ3v) is 2.61. The fourth-order valence-electron chi connectivity index (χ4n) is 1.81. The number of morpholine rings is 1. The Morgan fingerprint density at radius 3 is 3.13 bits per heavy atom. The molecule has 1 atom stereocenters. The van der Waals surface area contributed by atoms with Gasteiger partial charge in [0.15, 0.2) is 0 Å². The van der Waals surface area contributed by atoms with Gasteiger partial charge in [0.2, 0.25) is 0 Å². The zero-order chi connectivity index (χ0) is 11.1. The number of carbonyl (C=O) groups is 1. The molecule has 0 radical (unpaired) electrons. The molecular formula is C11H19NO3. The fourth-order valence-corrected chi connectivity index (χ4v) is 1.81. The van der Waals surface area contributed by atoms with Crippen LogP contribution in [-0.4, -0.2) is 48.3 Å². The molecule has 1 saturated heterocycles. The van der Waals surface area contributed by atoms with Gasteiger partial charge in [-0.05, 0) is 19.4 Å². The molecule has 0 spiro atoms. The molecule has 0 aromatic carbocycles. The Bertz CT molecular complexity index is 218. The molecule has 1 N–H and O–H groups in total. The molecule has 0 aromatic heterocycles. The van der Waals surface area contributed by atoms with Crippen LogP contribution in [0.15, 0.2) is 12.7 Å². The van der Waals surface area contributed by atoms with Crippen molar-refractivity contribution in [1.29, 1.82) is 0 Å². The van der Waals surface area contributed by atoms with Crippen LogP contribution in [0.1, 0.15) is 19.3 Å². The Morgan fingerprint density at radius 2 is 2.47 bits per heavy atom. The number of allylic oxidation sites excluding steroid dienone is 1. The first-order valence-electron chi connectivity index (χ1n) is 5.38. The van der Waals surface area contributed by atoms with Crippen LogP contribution in [0.4, 0.5) is 0 Å². The minimum absolute atomic E-state index is 0.0427. The van der Waals surface area contributed by atoms with Gasteiger partial charge < -0.3 is 9.84 Å². The highest BCUT2D eigenvalue weighted by Crippen LogP contribution is 2.11. The fraction of sp³-hybridized carbons (Fsp3) is 0.727. The van der Waals surface area contributed by atoms with E-state index in [1.165, 1.54) is 0 Å². The second-order valence-electron chi connectivity index (χ2n) is 3.79. The predicted octanol–water partition coefficient (Wildman–Crippen LogP) is 1.13. The number of ether oxygens (including phenoxy) is 1. The second-order valence-corrected chi connectivity index (χ2v) is 3.79. The molecule has 1 aliphatic heterocycles. The van der Waals surface area contributed by atoms with Crippen LogP contribution in [0.3, 0.4) is 0 Å². The van der Waals surface area contributed by atoms with Gasteiger partial charge >= 0.3 is 5.97 Å². The Kier molecular flexibility index (Phi) is 5.36. The van der Waals surface area contributed by atoms with E-state index in [-0.39, 0.29) is 12.5 Å². The van der Waals surface area contributed by atoms with Gasteiger partial charge in [0.1, 0.15) is 0 Å². The van der Waals surface area contributed by atoms with Gasteiger partial charge in [-0.2, -0.15) is 0 Å². The van der Waals surface area contributed by atoms with Crippen LogP contribution >= 0.6 is 0 Å². The summed E-state index contributed by atoms with van der Waals surface area (Å²) >= 11 is 0. The topological polar surface area (TPSA) is 49.8 Å². The molecule has 0 amide bonds. The number of rotatable bonds is 6. The third kappa shape index (κ3) is 4.44. The summed E-state index contributed by atoms with van der Waals surface area (Å²) < 4.78 is 5.29. The van der Waals surface area contributed by atoms with E-state index in [9.17, 15) is 4.79 Å².